The van der Waals surface area contributed by atoms with Crippen LogP contribution in [0.25, 0.3) is 0 Å². The van der Waals surface area contributed by atoms with Crippen molar-refractivity contribution in [1.29, 1.82) is 0 Å². The molecule has 1 amide bonds. The van der Waals surface area contributed by atoms with E-state index in [0.717, 1.165) is 29.5 Å². The molecule has 3 aromatic rings. The molecule has 31 heavy (non-hydrogen) atoms. The minimum Gasteiger partial charge on any atom is -0.384 e. The van der Waals surface area contributed by atoms with E-state index in [1.54, 1.807) is 6.92 Å². The number of nitrogens with two attached hydrogens (primary N) is 1. The summed E-state index contributed by atoms with van der Waals surface area (Å²) in [4.78, 5) is 36.8. The first-order valence-corrected chi connectivity index (χ1v) is 9.98. The average Bonchev–Trinajstić information content (AvgIpc) is 3.17. The number of nitrogen functional groups attached to an aromatic ring is 1. The number of benzene rings is 1. The zero-order valence-corrected chi connectivity index (χ0v) is 17.5. The van der Waals surface area contributed by atoms with Gasteiger partial charge in [0.2, 0.25) is 0 Å². The molecule has 162 valence electrons. The Labute approximate surface area is 183 Å². The number of nitrogens with zero attached hydrogens (tertiary/aromatic N) is 3. The van der Waals surface area contributed by atoms with E-state index in [9.17, 15) is 22.8 Å². The summed E-state index contributed by atoms with van der Waals surface area (Å²) >= 11 is 6.74. The molecule has 7 nitrogen and oxygen atoms in total. The van der Waals surface area contributed by atoms with E-state index in [1.807, 2.05) is 0 Å². The number of carbonyl (C=O) groups excluding carboxylic acids is 2. The van der Waals surface area contributed by atoms with Crippen LogP contribution >= 0.6 is 22.9 Å². The smallest absolute Gasteiger partial charge is 0.384 e. The number of hydrogen-bond donors (Lipinski definition) is 2. The molecule has 2 aromatic heterocycles. The number of ketones is 1. The SMILES string of the molecule is CC(CC(=O)c1cc(N)ncn1)c1ncc(C(=O)Nc2ccc(C(F)(F)F)c(Cl)c2)s1. The van der Waals surface area contributed by atoms with Crippen molar-refractivity contribution in [3.63, 3.8) is 0 Å². The predicted octanol–water partition coefficient (Wildman–Crippen LogP) is 4.82. The van der Waals surface area contributed by atoms with Gasteiger partial charge in [0.05, 0.1) is 21.8 Å². The largest absolute Gasteiger partial charge is 0.417 e. The third-order valence-corrected chi connectivity index (χ3v) is 5.71. The predicted molar refractivity (Wildman–Crippen MR) is 110 cm³/mol. The number of alkyl halides is 3. The number of hydrogen-bond acceptors (Lipinski definition) is 7. The molecule has 0 aliphatic rings. The highest BCUT2D eigenvalue weighted by molar-refractivity contribution is 7.13. The lowest BCUT2D eigenvalue weighted by Gasteiger charge is -2.10. The third kappa shape index (κ3) is 5.56. The lowest BCUT2D eigenvalue weighted by atomic mass is 10.0. The van der Waals surface area contributed by atoms with E-state index in [4.69, 9.17) is 17.3 Å². The standard InChI is InChI=1S/C19H15ClF3N5O2S/c1-9(4-14(29)13-6-16(24)27-8-26-13)18-25-7-15(31-18)17(30)28-10-2-3-11(12(20)5-10)19(21,22)23/h2-3,5-9H,4H2,1H3,(H,28,30)(H2,24,26,27). The first-order valence-electron chi connectivity index (χ1n) is 8.79. The summed E-state index contributed by atoms with van der Waals surface area (Å²) < 4.78 is 38.4. The van der Waals surface area contributed by atoms with Crippen LogP contribution in [0.3, 0.4) is 0 Å². The van der Waals surface area contributed by atoms with Crippen LogP contribution in [0.1, 0.15) is 50.0 Å². The molecular formula is C19H15ClF3N5O2S. The molecule has 12 heteroatoms. The van der Waals surface area contributed by atoms with Crippen molar-refractivity contribution in [2.75, 3.05) is 11.1 Å². The molecule has 0 aliphatic heterocycles. The summed E-state index contributed by atoms with van der Waals surface area (Å²) in [6, 6.07) is 4.32. The highest BCUT2D eigenvalue weighted by Crippen LogP contribution is 2.36. The van der Waals surface area contributed by atoms with Crippen molar-refractivity contribution in [2.24, 2.45) is 0 Å². The topological polar surface area (TPSA) is 111 Å². The van der Waals surface area contributed by atoms with E-state index >= 15 is 0 Å². The number of rotatable bonds is 6. The molecule has 1 atom stereocenters. The molecule has 3 rings (SSSR count). The summed E-state index contributed by atoms with van der Waals surface area (Å²) in [5.74, 6) is -0.915. The summed E-state index contributed by atoms with van der Waals surface area (Å²) in [6.45, 7) is 1.78. The number of thiazole rings is 1. The summed E-state index contributed by atoms with van der Waals surface area (Å²) in [5, 5.41) is 2.51. The molecule has 0 fully saturated rings. The second kappa shape index (κ2) is 8.98. The van der Waals surface area contributed by atoms with Gasteiger partial charge < -0.3 is 11.1 Å². The second-order valence-electron chi connectivity index (χ2n) is 6.57. The number of halogens is 4. The number of anilines is 2. The van der Waals surface area contributed by atoms with Gasteiger partial charge in [0.1, 0.15) is 22.7 Å². The van der Waals surface area contributed by atoms with Gasteiger partial charge in [-0.2, -0.15) is 13.2 Å². The van der Waals surface area contributed by atoms with Gasteiger partial charge in [-0.15, -0.1) is 11.3 Å². The van der Waals surface area contributed by atoms with E-state index in [-0.39, 0.29) is 40.2 Å². The fourth-order valence-corrected chi connectivity index (χ4v) is 3.78. The summed E-state index contributed by atoms with van der Waals surface area (Å²) in [6.07, 6.45) is -1.95. The maximum absolute atomic E-state index is 12.8. The lowest BCUT2D eigenvalue weighted by molar-refractivity contribution is -0.137. The Kier molecular flexibility index (Phi) is 6.56. The fraction of sp³-hybridized carbons (Fsp3) is 0.211. The number of nitrogens with one attached hydrogen (secondary N) is 1. The Morgan fingerprint density at radius 3 is 2.61 bits per heavy atom. The highest BCUT2D eigenvalue weighted by atomic mass is 35.5. The van der Waals surface area contributed by atoms with E-state index in [1.165, 1.54) is 18.6 Å². The second-order valence-corrected chi connectivity index (χ2v) is 8.04. The first-order chi connectivity index (χ1) is 14.5. The van der Waals surface area contributed by atoms with Gasteiger partial charge in [-0.05, 0) is 18.2 Å². The zero-order valence-electron chi connectivity index (χ0n) is 15.9. The molecule has 2 heterocycles. The number of amides is 1. The third-order valence-electron chi connectivity index (χ3n) is 4.17. The molecule has 0 saturated carbocycles. The molecular weight excluding hydrogens is 455 g/mol. The van der Waals surface area contributed by atoms with Gasteiger partial charge in [0.25, 0.3) is 5.91 Å². The average molecular weight is 470 g/mol. The fourth-order valence-electron chi connectivity index (χ4n) is 2.63. The zero-order chi connectivity index (χ0) is 22.8. The van der Waals surface area contributed by atoms with E-state index < -0.39 is 22.7 Å². The number of Topliss-reactive ketones (excluding diaryl/α,β-unsaturated/α-hetero) is 1. The van der Waals surface area contributed by atoms with Crippen LogP contribution in [0.4, 0.5) is 24.7 Å². The van der Waals surface area contributed by atoms with Crippen molar-refractivity contribution < 1.29 is 22.8 Å². The maximum atomic E-state index is 12.8. The van der Waals surface area contributed by atoms with Gasteiger partial charge >= 0.3 is 6.18 Å². The maximum Gasteiger partial charge on any atom is 0.417 e. The van der Waals surface area contributed by atoms with Crippen LogP contribution in [0.2, 0.25) is 5.02 Å². The summed E-state index contributed by atoms with van der Waals surface area (Å²) in [7, 11) is 0. The minimum atomic E-state index is -4.59. The van der Waals surface area contributed by atoms with Crippen LogP contribution in [-0.4, -0.2) is 26.6 Å². The Balaban J connectivity index is 1.66. The monoisotopic (exact) mass is 469 g/mol. The van der Waals surface area contributed by atoms with Crippen molar-refractivity contribution in [3.05, 3.63) is 63.0 Å². The Hall–Kier alpha value is -3.05. The quantitative estimate of drug-likeness (QED) is 0.501. The first kappa shape index (κ1) is 22.6. The Morgan fingerprint density at radius 1 is 1.23 bits per heavy atom. The van der Waals surface area contributed by atoms with Crippen LogP contribution in [-0.2, 0) is 6.18 Å². The van der Waals surface area contributed by atoms with Crippen LogP contribution < -0.4 is 11.1 Å². The molecule has 0 bridgehead atoms. The van der Waals surface area contributed by atoms with Gasteiger partial charge in [0.15, 0.2) is 5.78 Å². The normalized spacial score (nSPS) is 12.4. The van der Waals surface area contributed by atoms with Gasteiger partial charge in [-0.25, -0.2) is 15.0 Å². The van der Waals surface area contributed by atoms with E-state index in [0.29, 0.717) is 5.01 Å². The van der Waals surface area contributed by atoms with Gasteiger partial charge in [0, 0.05) is 24.1 Å². The highest BCUT2D eigenvalue weighted by Gasteiger charge is 2.33. The van der Waals surface area contributed by atoms with Crippen molar-refractivity contribution in [3.8, 4) is 0 Å². The molecule has 1 aromatic carbocycles. The van der Waals surface area contributed by atoms with Crippen LogP contribution in [0.15, 0.2) is 36.8 Å². The van der Waals surface area contributed by atoms with Crippen molar-refractivity contribution in [1.82, 2.24) is 15.0 Å². The Bertz CT molecular complexity index is 1140. The lowest BCUT2D eigenvalue weighted by Crippen LogP contribution is -2.11. The molecule has 0 aliphatic carbocycles. The minimum absolute atomic E-state index is 0.0968. The number of carbonyl (C=O) groups is 2. The van der Waals surface area contributed by atoms with Crippen LogP contribution in [0, 0.1) is 0 Å². The van der Waals surface area contributed by atoms with Crippen molar-refractivity contribution >= 4 is 46.1 Å². The molecule has 3 N–H and O–H groups in total. The Morgan fingerprint density at radius 2 is 1.97 bits per heavy atom. The van der Waals surface area contributed by atoms with Crippen LogP contribution in [0.5, 0.6) is 0 Å². The van der Waals surface area contributed by atoms with Crippen molar-refractivity contribution in [2.45, 2.75) is 25.4 Å². The molecule has 1 unspecified atom stereocenters. The van der Waals surface area contributed by atoms with Gasteiger partial charge in [-0.3, -0.25) is 9.59 Å². The van der Waals surface area contributed by atoms with Gasteiger partial charge in [-0.1, -0.05) is 18.5 Å². The molecule has 0 radical (unpaired) electrons. The molecule has 0 saturated heterocycles. The molecule has 0 spiro atoms. The number of aromatic nitrogens is 3. The van der Waals surface area contributed by atoms with E-state index in [2.05, 4.69) is 20.3 Å². The summed E-state index contributed by atoms with van der Waals surface area (Å²) in [5.41, 5.74) is 4.87.